The molecule has 2 amide bonds. The van der Waals surface area contributed by atoms with Crippen LogP contribution in [0.5, 0.6) is 11.5 Å². The predicted octanol–water partition coefficient (Wildman–Crippen LogP) is 1.21. The molecule has 2 N–H and O–H groups in total. The van der Waals surface area contributed by atoms with E-state index < -0.39 is 11.8 Å². The molecule has 1 aliphatic heterocycles. The van der Waals surface area contributed by atoms with Gasteiger partial charge in [-0.3, -0.25) is 9.59 Å². The lowest BCUT2D eigenvalue weighted by Crippen LogP contribution is -2.41. The fourth-order valence-electron chi connectivity index (χ4n) is 2.32. The van der Waals surface area contributed by atoms with Crippen LogP contribution in [0.2, 0.25) is 0 Å². The quantitative estimate of drug-likeness (QED) is 0.414. The van der Waals surface area contributed by atoms with Gasteiger partial charge in [-0.2, -0.15) is 5.10 Å². The van der Waals surface area contributed by atoms with E-state index in [9.17, 15) is 9.59 Å². The molecule has 2 rings (SSSR count). The molecule has 0 aromatic heterocycles. The molecule has 25 heavy (non-hydrogen) atoms. The number of nitrogens with one attached hydrogen (secondary N) is 2. The second-order valence-corrected chi connectivity index (χ2v) is 6.14. The molecule has 1 aliphatic rings. The van der Waals surface area contributed by atoms with Crippen LogP contribution in [-0.2, 0) is 14.3 Å². The second-order valence-electron chi connectivity index (χ2n) is 5.28. The van der Waals surface area contributed by atoms with Gasteiger partial charge in [-0.05, 0) is 46.5 Å². The van der Waals surface area contributed by atoms with Crippen LogP contribution in [-0.4, -0.2) is 51.5 Å². The van der Waals surface area contributed by atoms with E-state index in [1.54, 1.807) is 12.1 Å². The fourth-order valence-corrected chi connectivity index (χ4v) is 2.94. The van der Waals surface area contributed by atoms with E-state index >= 15 is 0 Å². The molecule has 1 aromatic carbocycles. The summed E-state index contributed by atoms with van der Waals surface area (Å²) in [5, 5.41) is 6.30. The number of nitrogens with zero attached hydrogens (tertiary/aromatic N) is 1. The van der Waals surface area contributed by atoms with Crippen molar-refractivity contribution >= 4 is 34.0 Å². The molecule has 0 unspecified atom stereocenters. The molecule has 0 aliphatic carbocycles. The summed E-state index contributed by atoms with van der Waals surface area (Å²) in [4.78, 5) is 23.4. The summed E-state index contributed by atoms with van der Waals surface area (Å²) in [6.07, 6.45) is 3.23. The zero-order valence-electron chi connectivity index (χ0n) is 14.0. The summed E-state index contributed by atoms with van der Waals surface area (Å²) in [5.41, 5.74) is 2.84. The molecule has 136 valence electrons. The fraction of sp³-hybridized carbons (Fsp3) is 0.438. The predicted molar refractivity (Wildman–Crippen MR) is 95.0 cm³/mol. The third kappa shape index (κ3) is 5.43. The monoisotopic (exact) mass is 413 g/mol. The van der Waals surface area contributed by atoms with Crippen LogP contribution in [0.3, 0.4) is 0 Å². The Kier molecular flexibility index (Phi) is 7.20. The Morgan fingerprint density at radius 2 is 2.16 bits per heavy atom. The average molecular weight is 414 g/mol. The Balaban J connectivity index is 1.88. The number of hydrogen-bond acceptors (Lipinski definition) is 6. The van der Waals surface area contributed by atoms with Crippen molar-refractivity contribution in [1.29, 1.82) is 0 Å². The Hall–Kier alpha value is -2.13. The van der Waals surface area contributed by atoms with Crippen LogP contribution in [0, 0.1) is 0 Å². The molecular formula is C16H20BrN3O5. The van der Waals surface area contributed by atoms with Crippen molar-refractivity contribution in [1.82, 2.24) is 10.7 Å². The van der Waals surface area contributed by atoms with Crippen molar-refractivity contribution in [3.05, 3.63) is 22.2 Å². The highest BCUT2D eigenvalue weighted by Crippen LogP contribution is 2.35. The molecule has 0 spiro atoms. The van der Waals surface area contributed by atoms with Gasteiger partial charge < -0.3 is 19.5 Å². The summed E-state index contributed by atoms with van der Waals surface area (Å²) < 4.78 is 16.5. The summed E-state index contributed by atoms with van der Waals surface area (Å²) in [6.45, 7) is 1.01. The summed E-state index contributed by atoms with van der Waals surface area (Å²) in [6, 6.07) is 3.44. The van der Waals surface area contributed by atoms with Crippen molar-refractivity contribution in [3.63, 3.8) is 0 Å². The van der Waals surface area contributed by atoms with Gasteiger partial charge in [-0.15, -0.1) is 0 Å². The second kappa shape index (κ2) is 9.38. The van der Waals surface area contributed by atoms with Gasteiger partial charge in [0.05, 0.1) is 31.0 Å². The molecule has 1 aromatic rings. The first-order valence-corrected chi connectivity index (χ1v) is 8.48. The van der Waals surface area contributed by atoms with Crippen molar-refractivity contribution in [2.24, 2.45) is 5.10 Å². The summed E-state index contributed by atoms with van der Waals surface area (Å²) >= 11 is 3.37. The van der Waals surface area contributed by atoms with Crippen LogP contribution in [0.15, 0.2) is 21.7 Å². The largest absolute Gasteiger partial charge is 0.493 e. The Bertz CT molecular complexity index is 659. The minimum atomic E-state index is -0.839. The van der Waals surface area contributed by atoms with E-state index in [2.05, 4.69) is 31.8 Å². The highest BCUT2D eigenvalue weighted by molar-refractivity contribution is 9.10. The third-order valence-electron chi connectivity index (χ3n) is 3.56. The van der Waals surface area contributed by atoms with E-state index in [-0.39, 0.29) is 6.10 Å². The van der Waals surface area contributed by atoms with Gasteiger partial charge in [0.15, 0.2) is 11.5 Å². The standard InChI is InChI=1S/C16H20BrN3O5/c1-23-13-7-10(6-12(17)14(13)24-2)8-19-20-16(22)15(21)18-9-11-4-3-5-25-11/h6-8,11H,3-5,9H2,1-2H3,(H,18,21)(H,20,22)/b19-8-/t11-/m1/s1. The topological polar surface area (TPSA) is 98.2 Å². The summed E-state index contributed by atoms with van der Waals surface area (Å²) in [7, 11) is 3.05. The van der Waals surface area contributed by atoms with E-state index in [1.165, 1.54) is 20.4 Å². The number of rotatable bonds is 6. The third-order valence-corrected chi connectivity index (χ3v) is 4.15. The van der Waals surface area contributed by atoms with Crippen molar-refractivity contribution < 1.29 is 23.8 Å². The van der Waals surface area contributed by atoms with Crippen LogP contribution in [0.1, 0.15) is 18.4 Å². The van der Waals surface area contributed by atoms with Gasteiger partial charge in [-0.1, -0.05) is 0 Å². The maximum atomic E-state index is 11.7. The first kappa shape index (κ1) is 19.2. The molecule has 1 fully saturated rings. The van der Waals surface area contributed by atoms with Crippen molar-refractivity contribution in [2.45, 2.75) is 18.9 Å². The number of hydrazone groups is 1. The van der Waals surface area contributed by atoms with E-state index in [0.717, 1.165) is 12.8 Å². The Morgan fingerprint density at radius 1 is 1.36 bits per heavy atom. The normalized spacial score (nSPS) is 16.7. The zero-order valence-corrected chi connectivity index (χ0v) is 15.6. The van der Waals surface area contributed by atoms with E-state index in [4.69, 9.17) is 14.2 Å². The van der Waals surface area contributed by atoms with Gasteiger partial charge in [0, 0.05) is 13.2 Å². The lowest BCUT2D eigenvalue weighted by molar-refractivity contribution is -0.139. The van der Waals surface area contributed by atoms with Gasteiger partial charge in [0.2, 0.25) is 0 Å². The molecule has 1 heterocycles. The highest BCUT2D eigenvalue weighted by Gasteiger charge is 2.19. The van der Waals surface area contributed by atoms with E-state index in [0.29, 0.717) is 34.7 Å². The lowest BCUT2D eigenvalue weighted by atomic mass is 10.2. The van der Waals surface area contributed by atoms with Gasteiger partial charge in [-0.25, -0.2) is 5.43 Å². The SMILES string of the molecule is COc1cc(/C=N\NC(=O)C(=O)NC[C@H]2CCCO2)cc(Br)c1OC. The maximum Gasteiger partial charge on any atom is 0.329 e. The van der Waals surface area contributed by atoms with Gasteiger partial charge in [0.25, 0.3) is 0 Å². The molecule has 8 nitrogen and oxygen atoms in total. The number of halogens is 1. The maximum absolute atomic E-state index is 11.7. The number of methoxy groups -OCH3 is 2. The first-order valence-electron chi connectivity index (χ1n) is 7.69. The molecule has 0 bridgehead atoms. The molecule has 1 atom stereocenters. The zero-order chi connectivity index (χ0) is 18.2. The number of benzene rings is 1. The molecule has 1 saturated heterocycles. The van der Waals surface area contributed by atoms with Crippen molar-refractivity contribution in [2.75, 3.05) is 27.4 Å². The number of hydrogen-bond donors (Lipinski definition) is 2. The van der Waals surface area contributed by atoms with Crippen LogP contribution >= 0.6 is 15.9 Å². The van der Waals surface area contributed by atoms with Crippen molar-refractivity contribution in [3.8, 4) is 11.5 Å². The van der Waals surface area contributed by atoms with Crippen LogP contribution in [0.25, 0.3) is 0 Å². The molecule has 0 saturated carbocycles. The van der Waals surface area contributed by atoms with Crippen LogP contribution in [0.4, 0.5) is 0 Å². The van der Waals surface area contributed by atoms with Gasteiger partial charge in [0.1, 0.15) is 0 Å². The number of ether oxygens (including phenoxy) is 3. The summed E-state index contributed by atoms with van der Waals surface area (Å²) in [5.74, 6) is -0.522. The highest BCUT2D eigenvalue weighted by atomic mass is 79.9. The Labute approximate surface area is 154 Å². The van der Waals surface area contributed by atoms with Crippen LogP contribution < -0.4 is 20.2 Å². The number of carbonyl (C=O) groups is 2. The minimum absolute atomic E-state index is 0.0237. The van der Waals surface area contributed by atoms with Gasteiger partial charge >= 0.3 is 11.8 Å². The smallest absolute Gasteiger partial charge is 0.329 e. The average Bonchev–Trinajstić information content (AvgIpc) is 3.12. The molecular weight excluding hydrogens is 394 g/mol. The minimum Gasteiger partial charge on any atom is -0.493 e. The number of carbonyl (C=O) groups excluding carboxylic acids is 2. The molecule has 9 heteroatoms. The Morgan fingerprint density at radius 3 is 2.80 bits per heavy atom. The van der Waals surface area contributed by atoms with E-state index in [1.807, 2.05) is 0 Å². The lowest BCUT2D eigenvalue weighted by Gasteiger charge is -2.10. The molecule has 0 radical (unpaired) electrons. The first-order chi connectivity index (χ1) is 12.0. The number of amides is 2.